The maximum Gasteiger partial charge on any atom is 0.0843 e. The zero-order valence-electron chi connectivity index (χ0n) is 12.6. The van der Waals surface area contributed by atoms with Crippen LogP contribution in [0.1, 0.15) is 32.4 Å². The predicted molar refractivity (Wildman–Crippen MR) is 86.2 cm³/mol. The number of para-hydroxylation sites is 1. The molecule has 0 bridgehead atoms. The third kappa shape index (κ3) is 3.15. The molecular formula is C16H24ClN3. The minimum absolute atomic E-state index is 0.578. The molecule has 2 aromatic rings. The first-order valence-corrected chi connectivity index (χ1v) is 7.95. The molecule has 1 aromatic carbocycles. The Kier molecular flexibility index (Phi) is 5.44. The highest BCUT2D eigenvalue weighted by molar-refractivity contribution is 6.18. The highest BCUT2D eigenvalue weighted by atomic mass is 35.5. The third-order valence-electron chi connectivity index (χ3n) is 4.02. The van der Waals surface area contributed by atoms with Crippen LogP contribution in [0, 0.1) is 0 Å². The fourth-order valence-electron chi connectivity index (χ4n) is 2.90. The molecule has 3 nitrogen and oxygen atoms in total. The molecule has 0 aliphatic rings. The summed E-state index contributed by atoms with van der Waals surface area (Å²) in [5, 5.41) is 5.95. The summed E-state index contributed by atoms with van der Waals surface area (Å²) in [6, 6.07) is 8.99. The van der Waals surface area contributed by atoms with Crippen molar-refractivity contribution in [1.29, 1.82) is 0 Å². The van der Waals surface area contributed by atoms with Gasteiger partial charge in [0.05, 0.1) is 11.2 Å². The Morgan fingerprint density at radius 3 is 2.60 bits per heavy atom. The standard InChI is InChI=1S/C16H24ClN3/c1-4-13(5-2)20(11-10-17)12-15-14-8-6-7-9-16(14)19(3)18-15/h6-9,13H,4-5,10-12H2,1-3H3. The first-order valence-electron chi connectivity index (χ1n) is 7.41. The summed E-state index contributed by atoms with van der Waals surface area (Å²) >= 11 is 5.98. The molecule has 2 rings (SSSR count). The fraction of sp³-hybridized carbons (Fsp3) is 0.562. The van der Waals surface area contributed by atoms with Gasteiger partial charge in [0.15, 0.2) is 0 Å². The Balaban J connectivity index is 2.28. The van der Waals surface area contributed by atoms with Gasteiger partial charge in [-0.2, -0.15) is 5.10 Å². The lowest BCUT2D eigenvalue weighted by molar-refractivity contribution is 0.186. The Hall–Kier alpha value is -1.06. The summed E-state index contributed by atoms with van der Waals surface area (Å²) in [7, 11) is 2.01. The van der Waals surface area contributed by atoms with E-state index in [0.29, 0.717) is 11.9 Å². The van der Waals surface area contributed by atoms with Crippen LogP contribution in [0.15, 0.2) is 24.3 Å². The van der Waals surface area contributed by atoms with Gasteiger partial charge in [0.1, 0.15) is 0 Å². The number of aromatic nitrogens is 2. The number of rotatable bonds is 7. The summed E-state index contributed by atoms with van der Waals surface area (Å²) in [6.07, 6.45) is 2.30. The Bertz CT molecular complexity index is 546. The molecule has 0 saturated heterocycles. The van der Waals surface area contributed by atoms with Gasteiger partial charge in [-0.1, -0.05) is 32.0 Å². The summed E-state index contributed by atoms with van der Waals surface area (Å²) in [4.78, 5) is 2.46. The highest BCUT2D eigenvalue weighted by Gasteiger charge is 2.18. The summed E-state index contributed by atoms with van der Waals surface area (Å²) in [6.45, 7) is 6.27. The molecule has 1 aromatic heterocycles. The molecule has 0 saturated carbocycles. The van der Waals surface area contributed by atoms with Gasteiger partial charge in [-0.3, -0.25) is 9.58 Å². The Morgan fingerprint density at radius 1 is 1.25 bits per heavy atom. The van der Waals surface area contributed by atoms with E-state index < -0.39 is 0 Å². The van der Waals surface area contributed by atoms with Gasteiger partial charge >= 0.3 is 0 Å². The lowest BCUT2D eigenvalue weighted by Crippen LogP contribution is -2.35. The largest absolute Gasteiger partial charge is 0.293 e. The van der Waals surface area contributed by atoms with E-state index in [2.05, 4.69) is 43.0 Å². The van der Waals surface area contributed by atoms with Gasteiger partial charge in [-0.25, -0.2) is 0 Å². The van der Waals surface area contributed by atoms with E-state index in [4.69, 9.17) is 16.7 Å². The zero-order chi connectivity index (χ0) is 14.5. The lowest BCUT2D eigenvalue weighted by Gasteiger charge is -2.29. The van der Waals surface area contributed by atoms with Crippen LogP contribution in [-0.4, -0.2) is 33.1 Å². The van der Waals surface area contributed by atoms with Crippen molar-refractivity contribution in [2.75, 3.05) is 12.4 Å². The van der Waals surface area contributed by atoms with Gasteiger partial charge in [0.2, 0.25) is 0 Å². The summed E-state index contributed by atoms with van der Waals surface area (Å²) < 4.78 is 1.97. The molecule has 0 aliphatic carbocycles. The molecule has 0 spiro atoms. The highest BCUT2D eigenvalue weighted by Crippen LogP contribution is 2.21. The quantitative estimate of drug-likeness (QED) is 0.724. The molecule has 0 aliphatic heterocycles. The Morgan fingerprint density at radius 2 is 1.95 bits per heavy atom. The molecule has 0 fully saturated rings. The van der Waals surface area contributed by atoms with E-state index in [1.54, 1.807) is 0 Å². The number of hydrogen-bond acceptors (Lipinski definition) is 2. The third-order valence-corrected chi connectivity index (χ3v) is 4.19. The lowest BCUT2D eigenvalue weighted by atomic mass is 10.1. The van der Waals surface area contributed by atoms with Crippen LogP contribution in [0.25, 0.3) is 10.9 Å². The molecule has 4 heteroatoms. The van der Waals surface area contributed by atoms with Crippen molar-refractivity contribution in [3.63, 3.8) is 0 Å². The van der Waals surface area contributed by atoms with Crippen molar-refractivity contribution in [2.45, 2.75) is 39.3 Å². The number of hydrogen-bond donors (Lipinski definition) is 0. The van der Waals surface area contributed by atoms with Crippen molar-refractivity contribution in [1.82, 2.24) is 14.7 Å². The van der Waals surface area contributed by atoms with Crippen LogP contribution in [0.3, 0.4) is 0 Å². The average molecular weight is 294 g/mol. The van der Waals surface area contributed by atoms with Crippen molar-refractivity contribution >= 4 is 22.5 Å². The number of aryl methyl sites for hydroxylation is 1. The maximum absolute atomic E-state index is 5.98. The van der Waals surface area contributed by atoms with Crippen LogP contribution in [0.2, 0.25) is 0 Å². The second-order valence-corrected chi connectivity index (χ2v) is 5.60. The normalized spacial score (nSPS) is 11.9. The second kappa shape index (κ2) is 7.09. The smallest absolute Gasteiger partial charge is 0.0843 e. The van der Waals surface area contributed by atoms with Crippen LogP contribution in [0.4, 0.5) is 0 Å². The molecule has 0 radical (unpaired) electrons. The average Bonchev–Trinajstić information content (AvgIpc) is 2.78. The molecule has 20 heavy (non-hydrogen) atoms. The van der Waals surface area contributed by atoms with E-state index >= 15 is 0 Å². The van der Waals surface area contributed by atoms with Crippen molar-refractivity contribution in [2.24, 2.45) is 7.05 Å². The molecular weight excluding hydrogens is 270 g/mol. The van der Waals surface area contributed by atoms with E-state index in [0.717, 1.165) is 31.6 Å². The fourth-order valence-corrected chi connectivity index (χ4v) is 3.12. The van der Waals surface area contributed by atoms with Crippen LogP contribution in [-0.2, 0) is 13.6 Å². The van der Waals surface area contributed by atoms with Crippen molar-refractivity contribution in [3.05, 3.63) is 30.0 Å². The second-order valence-electron chi connectivity index (χ2n) is 5.22. The van der Waals surface area contributed by atoms with Crippen molar-refractivity contribution in [3.8, 4) is 0 Å². The van der Waals surface area contributed by atoms with Gasteiger partial charge in [-0.05, 0) is 18.9 Å². The Labute approximate surface area is 126 Å². The predicted octanol–water partition coefficient (Wildman–Crippen LogP) is 3.80. The van der Waals surface area contributed by atoms with Crippen molar-refractivity contribution < 1.29 is 0 Å². The van der Waals surface area contributed by atoms with E-state index in [1.165, 1.54) is 10.9 Å². The number of alkyl halides is 1. The number of benzene rings is 1. The first-order chi connectivity index (χ1) is 9.71. The van der Waals surface area contributed by atoms with Gasteiger partial charge in [-0.15, -0.1) is 11.6 Å². The molecule has 0 N–H and O–H groups in total. The van der Waals surface area contributed by atoms with E-state index in [-0.39, 0.29) is 0 Å². The van der Waals surface area contributed by atoms with Gasteiger partial charge < -0.3 is 0 Å². The molecule has 110 valence electrons. The van der Waals surface area contributed by atoms with E-state index in [9.17, 15) is 0 Å². The SMILES string of the molecule is CCC(CC)N(CCCl)Cc1nn(C)c2ccccc12. The van der Waals surface area contributed by atoms with Gasteiger partial charge in [0.25, 0.3) is 0 Å². The minimum Gasteiger partial charge on any atom is -0.293 e. The van der Waals surface area contributed by atoms with Crippen LogP contribution in [0.5, 0.6) is 0 Å². The molecule has 1 heterocycles. The number of halogens is 1. The molecule has 0 unspecified atom stereocenters. The van der Waals surface area contributed by atoms with Crippen LogP contribution >= 0.6 is 11.6 Å². The molecule has 0 atom stereocenters. The number of fused-ring (bicyclic) bond motifs is 1. The van der Waals surface area contributed by atoms with E-state index in [1.807, 2.05) is 11.7 Å². The molecule has 0 amide bonds. The topological polar surface area (TPSA) is 21.1 Å². The van der Waals surface area contributed by atoms with Gasteiger partial charge in [0, 0.05) is 37.4 Å². The number of nitrogens with zero attached hydrogens (tertiary/aromatic N) is 3. The first kappa shape index (κ1) is 15.3. The van der Waals surface area contributed by atoms with Crippen LogP contribution < -0.4 is 0 Å². The monoisotopic (exact) mass is 293 g/mol. The maximum atomic E-state index is 5.98. The zero-order valence-corrected chi connectivity index (χ0v) is 13.4. The summed E-state index contributed by atoms with van der Waals surface area (Å²) in [5.74, 6) is 0.668. The summed E-state index contributed by atoms with van der Waals surface area (Å²) in [5.41, 5.74) is 2.35. The minimum atomic E-state index is 0.578.